The summed E-state index contributed by atoms with van der Waals surface area (Å²) in [6, 6.07) is 8.22. The molecular formula is C13H15NO2. The highest BCUT2D eigenvalue weighted by atomic mass is 16.5. The van der Waals surface area contributed by atoms with Gasteiger partial charge < -0.3 is 4.74 Å². The number of rotatable bonds is 1. The third kappa shape index (κ3) is 1.04. The minimum atomic E-state index is -0.481. The molecule has 1 unspecified atom stereocenters. The van der Waals surface area contributed by atoms with Crippen LogP contribution in [0.4, 0.5) is 0 Å². The smallest absolute Gasteiger partial charge is 0.330 e. The van der Waals surface area contributed by atoms with Crippen LogP contribution >= 0.6 is 0 Å². The number of methoxy groups -OCH3 is 1. The van der Waals surface area contributed by atoms with Crippen molar-refractivity contribution >= 4 is 5.97 Å². The fourth-order valence-corrected chi connectivity index (χ4v) is 3.17. The fourth-order valence-electron chi connectivity index (χ4n) is 3.17. The largest absolute Gasteiger partial charge is 0.467 e. The van der Waals surface area contributed by atoms with Crippen molar-refractivity contribution in [1.82, 2.24) is 4.90 Å². The Hall–Kier alpha value is -1.35. The van der Waals surface area contributed by atoms with Crippen molar-refractivity contribution < 1.29 is 9.53 Å². The van der Waals surface area contributed by atoms with Gasteiger partial charge in [-0.1, -0.05) is 24.3 Å². The van der Waals surface area contributed by atoms with Gasteiger partial charge in [-0.05, 0) is 24.0 Å². The van der Waals surface area contributed by atoms with Crippen molar-refractivity contribution in [2.24, 2.45) is 0 Å². The van der Waals surface area contributed by atoms with E-state index in [1.165, 1.54) is 12.7 Å². The van der Waals surface area contributed by atoms with Crippen LogP contribution in [0.1, 0.15) is 24.0 Å². The summed E-state index contributed by atoms with van der Waals surface area (Å²) in [6.45, 7) is 1.87. The minimum absolute atomic E-state index is 0.102. The first-order chi connectivity index (χ1) is 7.79. The quantitative estimate of drug-likeness (QED) is 0.670. The van der Waals surface area contributed by atoms with Crippen molar-refractivity contribution in [3.63, 3.8) is 0 Å². The highest BCUT2D eigenvalue weighted by Gasteiger charge is 2.54. The summed E-state index contributed by atoms with van der Waals surface area (Å²) in [5.74, 6) is -0.102. The van der Waals surface area contributed by atoms with Crippen LogP contribution < -0.4 is 0 Å². The lowest BCUT2D eigenvalue weighted by Gasteiger charge is -2.29. The number of benzene rings is 1. The van der Waals surface area contributed by atoms with Gasteiger partial charge in [0, 0.05) is 13.1 Å². The van der Waals surface area contributed by atoms with E-state index in [4.69, 9.17) is 4.74 Å². The maximum absolute atomic E-state index is 12.1. The molecule has 1 aromatic rings. The summed E-state index contributed by atoms with van der Waals surface area (Å²) in [5, 5.41) is 0. The van der Waals surface area contributed by atoms with E-state index in [9.17, 15) is 4.79 Å². The Balaban J connectivity index is 2.16. The third-order valence-electron chi connectivity index (χ3n) is 3.85. The number of carbonyl (C=O) groups is 1. The van der Waals surface area contributed by atoms with Crippen molar-refractivity contribution in [3.8, 4) is 0 Å². The van der Waals surface area contributed by atoms with E-state index < -0.39 is 5.54 Å². The number of hydrogen-bond acceptors (Lipinski definition) is 3. The van der Waals surface area contributed by atoms with E-state index in [0.29, 0.717) is 0 Å². The Labute approximate surface area is 95.0 Å². The average Bonchev–Trinajstić information content (AvgIpc) is 2.84. The molecule has 0 aliphatic carbocycles. The zero-order valence-electron chi connectivity index (χ0n) is 9.40. The molecule has 0 aromatic heterocycles. The second-order valence-corrected chi connectivity index (χ2v) is 4.53. The first-order valence-electron chi connectivity index (χ1n) is 5.71. The SMILES string of the molecule is COC(=O)C12CCCN1Cc1ccccc12. The van der Waals surface area contributed by atoms with Gasteiger partial charge in [0.1, 0.15) is 5.54 Å². The number of fused-ring (bicyclic) bond motifs is 3. The zero-order chi connectivity index (χ0) is 11.2. The lowest BCUT2D eigenvalue weighted by atomic mass is 9.88. The molecule has 2 heterocycles. The Morgan fingerprint density at radius 3 is 3.06 bits per heavy atom. The maximum Gasteiger partial charge on any atom is 0.330 e. The van der Waals surface area contributed by atoms with E-state index in [-0.39, 0.29) is 5.97 Å². The standard InChI is InChI=1S/C13H15NO2/c1-16-12(15)13-7-4-8-14(13)9-10-5-2-3-6-11(10)13/h2-3,5-6H,4,7-9H2,1H3. The molecule has 0 radical (unpaired) electrons. The van der Waals surface area contributed by atoms with Crippen LogP contribution in [-0.4, -0.2) is 24.5 Å². The van der Waals surface area contributed by atoms with Gasteiger partial charge in [-0.2, -0.15) is 0 Å². The number of nitrogens with zero attached hydrogens (tertiary/aromatic N) is 1. The van der Waals surface area contributed by atoms with Gasteiger partial charge in [-0.25, -0.2) is 4.79 Å². The van der Waals surface area contributed by atoms with E-state index in [2.05, 4.69) is 17.0 Å². The van der Waals surface area contributed by atoms with Crippen LogP contribution in [0, 0.1) is 0 Å². The molecule has 0 saturated carbocycles. The van der Waals surface area contributed by atoms with E-state index in [1.807, 2.05) is 12.1 Å². The van der Waals surface area contributed by atoms with Crippen LogP contribution in [0.3, 0.4) is 0 Å². The van der Waals surface area contributed by atoms with E-state index >= 15 is 0 Å². The topological polar surface area (TPSA) is 29.5 Å². The summed E-state index contributed by atoms with van der Waals surface area (Å²) in [6.07, 6.45) is 1.96. The molecule has 0 N–H and O–H groups in total. The van der Waals surface area contributed by atoms with Gasteiger partial charge in [0.05, 0.1) is 7.11 Å². The van der Waals surface area contributed by atoms with E-state index in [0.717, 1.165) is 31.5 Å². The Morgan fingerprint density at radius 2 is 2.25 bits per heavy atom. The van der Waals surface area contributed by atoms with Gasteiger partial charge in [0.2, 0.25) is 0 Å². The minimum Gasteiger partial charge on any atom is -0.467 e. The van der Waals surface area contributed by atoms with Crippen molar-refractivity contribution in [1.29, 1.82) is 0 Å². The fraction of sp³-hybridized carbons (Fsp3) is 0.462. The predicted octanol–water partition coefficient (Wildman–Crippen LogP) is 1.66. The highest BCUT2D eigenvalue weighted by Crippen LogP contribution is 2.47. The molecule has 16 heavy (non-hydrogen) atoms. The molecule has 0 bridgehead atoms. The maximum atomic E-state index is 12.1. The van der Waals surface area contributed by atoms with Crippen molar-refractivity contribution in [2.75, 3.05) is 13.7 Å². The summed E-state index contributed by atoms with van der Waals surface area (Å²) in [5.41, 5.74) is 1.94. The summed E-state index contributed by atoms with van der Waals surface area (Å²) >= 11 is 0. The lowest BCUT2D eigenvalue weighted by Crippen LogP contribution is -2.43. The van der Waals surface area contributed by atoms with Crippen LogP contribution in [0.5, 0.6) is 0 Å². The number of ether oxygens (including phenoxy) is 1. The molecule has 0 spiro atoms. The van der Waals surface area contributed by atoms with Crippen molar-refractivity contribution in [3.05, 3.63) is 35.4 Å². The molecule has 1 aromatic carbocycles. The van der Waals surface area contributed by atoms with Crippen LogP contribution in [0.25, 0.3) is 0 Å². The number of esters is 1. The zero-order valence-corrected chi connectivity index (χ0v) is 9.40. The van der Waals surface area contributed by atoms with Crippen LogP contribution in [0.15, 0.2) is 24.3 Å². The third-order valence-corrected chi connectivity index (χ3v) is 3.85. The number of carbonyl (C=O) groups excluding carboxylic acids is 1. The van der Waals surface area contributed by atoms with Gasteiger partial charge in [0.25, 0.3) is 0 Å². The average molecular weight is 217 g/mol. The molecule has 84 valence electrons. The molecule has 1 atom stereocenters. The second kappa shape index (κ2) is 3.32. The van der Waals surface area contributed by atoms with Crippen molar-refractivity contribution in [2.45, 2.75) is 24.9 Å². The molecule has 1 fully saturated rings. The molecular weight excluding hydrogens is 202 g/mol. The molecule has 2 aliphatic heterocycles. The molecule has 2 aliphatic rings. The first-order valence-corrected chi connectivity index (χ1v) is 5.71. The normalized spacial score (nSPS) is 27.6. The summed E-state index contributed by atoms with van der Waals surface area (Å²) < 4.78 is 5.02. The highest BCUT2D eigenvalue weighted by molar-refractivity contribution is 5.84. The number of hydrogen-bond donors (Lipinski definition) is 0. The van der Waals surface area contributed by atoms with Crippen LogP contribution in [0.2, 0.25) is 0 Å². The summed E-state index contributed by atoms with van der Waals surface area (Å²) in [7, 11) is 1.48. The predicted molar refractivity (Wildman–Crippen MR) is 59.8 cm³/mol. The molecule has 0 amide bonds. The lowest BCUT2D eigenvalue weighted by molar-refractivity contribution is -0.153. The summed E-state index contributed by atoms with van der Waals surface area (Å²) in [4.78, 5) is 14.4. The molecule has 3 nitrogen and oxygen atoms in total. The monoisotopic (exact) mass is 217 g/mol. The second-order valence-electron chi connectivity index (χ2n) is 4.53. The molecule has 1 saturated heterocycles. The van der Waals surface area contributed by atoms with Gasteiger partial charge >= 0.3 is 5.97 Å². The Kier molecular flexibility index (Phi) is 2.04. The van der Waals surface area contributed by atoms with Gasteiger partial charge in [-0.15, -0.1) is 0 Å². The Bertz CT molecular complexity index is 443. The van der Waals surface area contributed by atoms with E-state index in [1.54, 1.807) is 0 Å². The molecule has 3 rings (SSSR count). The molecule has 3 heteroatoms. The first kappa shape index (κ1) is 9.85. The Morgan fingerprint density at radius 1 is 1.44 bits per heavy atom. The van der Waals surface area contributed by atoms with Gasteiger partial charge in [0.15, 0.2) is 0 Å². The van der Waals surface area contributed by atoms with Gasteiger partial charge in [-0.3, -0.25) is 4.90 Å². The van der Waals surface area contributed by atoms with Crippen LogP contribution in [-0.2, 0) is 21.6 Å².